The first-order valence-corrected chi connectivity index (χ1v) is 23.3. The quantitative estimate of drug-likeness (QED) is 0.130. The molecular formula is C64H50O2. The number of benzene rings is 11. The van der Waals surface area contributed by atoms with Crippen molar-refractivity contribution in [3.8, 4) is 33.8 Å². The van der Waals surface area contributed by atoms with E-state index in [1.807, 2.05) is 0 Å². The monoisotopic (exact) mass is 850 g/mol. The van der Waals surface area contributed by atoms with Crippen LogP contribution < -0.4 is 9.47 Å². The molecule has 13 aromatic rings. The predicted octanol–water partition coefficient (Wildman–Crippen LogP) is 18.0. The third kappa shape index (κ3) is 5.36. The average molecular weight is 851 g/mol. The lowest BCUT2D eigenvalue weighted by molar-refractivity contribution is 0.415. The van der Waals surface area contributed by atoms with Crippen molar-refractivity contribution < 1.29 is 9.47 Å². The minimum Gasteiger partial charge on any atom is -0.497 e. The molecule has 0 aliphatic rings. The molecule has 0 unspecified atom stereocenters. The normalized spacial score (nSPS) is 12.8. The summed E-state index contributed by atoms with van der Waals surface area (Å²) < 4.78 is 11.4. The van der Waals surface area contributed by atoms with Gasteiger partial charge in [0, 0.05) is 0 Å². The van der Waals surface area contributed by atoms with Crippen LogP contribution in [0.4, 0.5) is 0 Å². The Hall–Kier alpha value is -7.42. The number of methoxy groups -OCH3 is 2. The van der Waals surface area contributed by atoms with Gasteiger partial charge in [-0.05, 0) is 200 Å². The molecule has 0 radical (unpaired) electrons. The van der Waals surface area contributed by atoms with Crippen LogP contribution in [0.25, 0.3) is 130 Å². The number of ether oxygens (including phenoxy) is 2. The summed E-state index contributed by atoms with van der Waals surface area (Å²) in [5.74, 6) is 1.71. The summed E-state index contributed by atoms with van der Waals surface area (Å²) in [4.78, 5) is 0. The standard InChI is InChI=1S/C64H50O2/c1-63(2,3)39-21-27-43-37(29-39)31-49(35-17-23-41(65-7)24-18-35)51-33-53-58-46-14-10-12-16-48(46)60-56-44-28-22-40(64(4,5)6)30-38(44)32-50(36-19-25-42(66-8)26-20-36)52(56)34-54(62(58)60)57-45-13-9-11-15-47(45)59(55(43)51)61(53)57/h9-34H,1-8H3. The van der Waals surface area contributed by atoms with E-state index in [0.29, 0.717) is 0 Å². The first kappa shape index (κ1) is 39.0. The van der Waals surface area contributed by atoms with Crippen molar-refractivity contribution in [2.24, 2.45) is 0 Å². The van der Waals surface area contributed by atoms with Gasteiger partial charge in [-0.1, -0.05) is 151 Å². The van der Waals surface area contributed by atoms with E-state index >= 15 is 0 Å². The van der Waals surface area contributed by atoms with E-state index in [1.54, 1.807) is 14.2 Å². The smallest absolute Gasteiger partial charge is 0.118 e. The summed E-state index contributed by atoms with van der Waals surface area (Å²) in [6.45, 7) is 13.9. The molecule has 0 aliphatic carbocycles. The van der Waals surface area contributed by atoms with Gasteiger partial charge in [0.1, 0.15) is 11.5 Å². The van der Waals surface area contributed by atoms with Gasteiger partial charge < -0.3 is 9.47 Å². The van der Waals surface area contributed by atoms with Crippen molar-refractivity contribution in [1.82, 2.24) is 0 Å². The van der Waals surface area contributed by atoms with Crippen molar-refractivity contribution in [2.75, 3.05) is 14.2 Å². The summed E-state index contributed by atoms with van der Waals surface area (Å²) >= 11 is 0. The molecule has 0 N–H and O–H groups in total. The SMILES string of the molecule is COc1ccc(-c2cc3cc(C(C)(C)C)ccc3c3c2cc2c4c5ccccc5c5c6c(cc(c7c8ccccc8c3c27)c45)c(-c2ccc(OC)cc2)cc2cc(C(C)(C)C)ccc26)cc1. The van der Waals surface area contributed by atoms with Crippen molar-refractivity contribution in [3.63, 3.8) is 0 Å². The lowest BCUT2D eigenvalue weighted by Crippen LogP contribution is -2.10. The Bertz CT molecular complexity index is 3890. The Morgan fingerprint density at radius 1 is 0.288 bits per heavy atom. The summed E-state index contributed by atoms with van der Waals surface area (Å²) in [6, 6.07) is 60.1. The maximum absolute atomic E-state index is 5.68. The van der Waals surface area contributed by atoms with Gasteiger partial charge >= 0.3 is 0 Å². The summed E-state index contributed by atoms with van der Waals surface area (Å²) in [5.41, 5.74) is 7.50. The first-order valence-electron chi connectivity index (χ1n) is 23.3. The van der Waals surface area contributed by atoms with Crippen molar-refractivity contribution in [1.29, 1.82) is 0 Å². The van der Waals surface area contributed by atoms with E-state index in [-0.39, 0.29) is 10.8 Å². The highest BCUT2D eigenvalue weighted by molar-refractivity contribution is 6.54. The van der Waals surface area contributed by atoms with Gasteiger partial charge in [0.15, 0.2) is 0 Å². The van der Waals surface area contributed by atoms with E-state index in [9.17, 15) is 0 Å². The van der Waals surface area contributed by atoms with Crippen molar-refractivity contribution in [3.05, 3.63) is 169 Å². The number of hydrogen-bond acceptors (Lipinski definition) is 2. The predicted molar refractivity (Wildman–Crippen MR) is 285 cm³/mol. The van der Waals surface area contributed by atoms with Gasteiger partial charge in [0.25, 0.3) is 0 Å². The zero-order valence-electron chi connectivity index (χ0n) is 38.8. The molecule has 66 heavy (non-hydrogen) atoms. The fourth-order valence-corrected chi connectivity index (χ4v) is 11.7. The minimum atomic E-state index is 0.00514. The molecule has 0 saturated heterocycles. The molecule has 0 aromatic heterocycles. The van der Waals surface area contributed by atoms with Crippen LogP contribution >= 0.6 is 0 Å². The van der Waals surface area contributed by atoms with Crippen LogP contribution in [0.2, 0.25) is 0 Å². The molecule has 0 atom stereocenters. The second-order valence-corrected chi connectivity index (χ2v) is 20.7. The lowest BCUT2D eigenvalue weighted by atomic mass is 9.82. The van der Waals surface area contributed by atoms with E-state index in [2.05, 4.69) is 199 Å². The molecule has 0 aliphatic heterocycles. The zero-order chi connectivity index (χ0) is 45.0. The molecule has 0 spiro atoms. The third-order valence-corrected chi connectivity index (χ3v) is 15.0. The molecule has 0 bridgehead atoms. The van der Waals surface area contributed by atoms with Gasteiger partial charge in [-0.3, -0.25) is 0 Å². The van der Waals surface area contributed by atoms with Crippen LogP contribution in [0.3, 0.4) is 0 Å². The van der Waals surface area contributed by atoms with Crippen molar-refractivity contribution >= 4 is 108 Å². The van der Waals surface area contributed by atoms with Gasteiger partial charge in [0.05, 0.1) is 14.2 Å². The van der Waals surface area contributed by atoms with E-state index in [4.69, 9.17) is 9.47 Å². The van der Waals surface area contributed by atoms with Crippen LogP contribution in [0.15, 0.2) is 158 Å². The van der Waals surface area contributed by atoms with Crippen LogP contribution in [0.1, 0.15) is 52.7 Å². The van der Waals surface area contributed by atoms with Crippen molar-refractivity contribution in [2.45, 2.75) is 52.4 Å². The molecule has 0 amide bonds. The first-order chi connectivity index (χ1) is 31.9. The van der Waals surface area contributed by atoms with Gasteiger partial charge in [-0.25, -0.2) is 0 Å². The zero-order valence-corrected chi connectivity index (χ0v) is 38.8. The fraction of sp³-hybridized carbons (Fsp3) is 0.156. The van der Waals surface area contributed by atoms with Gasteiger partial charge in [-0.2, -0.15) is 0 Å². The topological polar surface area (TPSA) is 18.5 Å². The van der Waals surface area contributed by atoms with Crippen LogP contribution in [-0.2, 0) is 10.8 Å². The maximum Gasteiger partial charge on any atom is 0.118 e. The van der Waals surface area contributed by atoms with Gasteiger partial charge in [0.2, 0.25) is 0 Å². The number of hydrogen-bond donors (Lipinski definition) is 0. The highest BCUT2D eigenvalue weighted by Crippen LogP contribution is 2.56. The summed E-state index contributed by atoms with van der Waals surface area (Å²) in [7, 11) is 3.48. The Kier molecular flexibility index (Phi) is 8.01. The highest BCUT2D eigenvalue weighted by atomic mass is 16.5. The molecule has 13 rings (SSSR count). The Balaban J connectivity index is 1.30. The largest absolute Gasteiger partial charge is 0.497 e. The van der Waals surface area contributed by atoms with Crippen LogP contribution in [-0.4, -0.2) is 14.2 Å². The molecule has 318 valence electrons. The fourth-order valence-electron chi connectivity index (χ4n) is 11.7. The molecular weight excluding hydrogens is 801 g/mol. The number of fused-ring (bicyclic) bond motifs is 16. The second-order valence-electron chi connectivity index (χ2n) is 20.7. The molecule has 0 heterocycles. The maximum atomic E-state index is 5.68. The van der Waals surface area contributed by atoms with E-state index < -0.39 is 0 Å². The minimum absolute atomic E-state index is 0.00514. The Morgan fingerprint density at radius 3 is 0.970 bits per heavy atom. The molecule has 13 aromatic carbocycles. The summed E-state index contributed by atoms with van der Waals surface area (Å²) in [6.07, 6.45) is 0. The van der Waals surface area contributed by atoms with E-state index in [0.717, 1.165) is 11.5 Å². The molecule has 0 saturated carbocycles. The number of rotatable bonds is 4. The molecule has 2 nitrogen and oxygen atoms in total. The van der Waals surface area contributed by atoms with E-state index in [1.165, 1.54) is 141 Å². The van der Waals surface area contributed by atoms with Gasteiger partial charge in [-0.15, -0.1) is 0 Å². The Labute approximate surface area is 384 Å². The molecule has 0 fully saturated rings. The van der Waals surface area contributed by atoms with Crippen LogP contribution in [0, 0.1) is 0 Å². The summed E-state index contributed by atoms with van der Waals surface area (Å²) in [5, 5.41) is 26.1. The second kappa shape index (κ2) is 13.6. The lowest BCUT2D eigenvalue weighted by Gasteiger charge is -2.21. The van der Waals surface area contributed by atoms with Crippen LogP contribution in [0.5, 0.6) is 11.5 Å². The highest BCUT2D eigenvalue weighted by Gasteiger charge is 2.28. The third-order valence-electron chi connectivity index (χ3n) is 15.0. The average Bonchev–Trinajstić information content (AvgIpc) is 3.86. The Morgan fingerprint density at radius 2 is 0.621 bits per heavy atom. The molecule has 2 heteroatoms.